The van der Waals surface area contributed by atoms with Crippen molar-refractivity contribution in [3.8, 4) is 11.5 Å². The van der Waals surface area contributed by atoms with Crippen LogP contribution >= 0.6 is 0 Å². The number of hydrogen-bond donors (Lipinski definition) is 1. The maximum Gasteiger partial charge on any atom is 0.387 e. The van der Waals surface area contributed by atoms with E-state index >= 15 is 0 Å². The third-order valence-corrected chi connectivity index (χ3v) is 3.39. The van der Waals surface area contributed by atoms with Crippen LogP contribution in [0, 0.1) is 0 Å². The van der Waals surface area contributed by atoms with E-state index in [1.807, 2.05) is 6.92 Å². The number of ether oxygens (including phenoxy) is 2. The Morgan fingerprint density at radius 3 is 2.81 bits per heavy atom. The summed E-state index contributed by atoms with van der Waals surface area (Å²) in [6, 6.07) is 4.30. The highest BCUT2D eigenvalue weighted by Gasteiger charge is 2.25. The normalized spacial score (nSPS) is 18.7. The second-order valence-electron chi connectivity index (χ2n) is 4.80. The van der Waals surface area contributed by atoms with Gasteiger partial charge in [-0.15, -0.1) is 0 Å². The van der Waals surface area contributed by atoms with Crippen LogP contribution in [-0.4, -0.2) is 50.2 Å². The van der Waals surface area contributed by atoms with Crippen molar-refractivity contribution < 1.29 is 23.0 Å². The van der Waals surface area contributed by atoms with Crippen molar-refractivity contribution in [1.82, 2.24) is 10.2 Å². The van der Waals surface area contributed by atoms with Gasteiger partial charge >= 0.3 is 6.61 Å². The zero-order valence-corrected chi connectivity index (χ0v) is 11.9. The molecule has 0 bridgehead atoms. The second kappa shape index (κ2) is 6.71. The minimum atomic E-state index is -2.94. The minimum absolute atomic E-state index is 0.0780. The first kappa shape index (κ1) is 15.5. The summed E-state index contributed by atoms with van der Waals surface area (Å²) in [7, 11) is 1.34. The number of carbonyl (C=O) groups excluding carboxylic acids is 1. The van der Waals surface area contributed by atoms with Gasteiger partial charge in [0, 0.05) is 31.2 Å². The van der Waals surface area contributed by atoms with Crippen LogP contribution in [0.15, 0.2) is 18.2 Å². The number of piperazine rings is 1. The van der Waals surface area contributed by atoms with E-state index in [1.54, 1.807) is 4.90 Å². The zero-order chi connectivity index (χ0) is 15.4. The van der Waals surface area contributed by atoms with Crippen LogP contribution in [0.25, 0.3) is 0 Å². The van der Waals surface area contributed by atoms with Crippen molar-refractivity contribution in [3.05, 3.63) is 23.8 Å². The summed E-state index contributed by atoms with van der Waals surface area (Å²) < 4.78 is 33.9. The molecule has 7 heteroatoms. The smallest absolute Gasteiger partial charge is 0.387 e. The van der Waals surface area contributed by atoms with Crippen molar-refractivity contribution in [2.75, 3.05) is 26.7 Å². The van der Waals surface area contributed by atoms with Crippen molar-refractivity contribution >= 4 is 5.91 Å². The number of methoxy groups -OCH3 is 1. The molecule has 21 heavy (non-hydrogen) atoms. The fourth-order valence-corrected chi connectivity index (χ4v) is 2.30. The van der Waals surface area contributed by atoms with E-state index in [-0.39, 0.29) is 23.4 Å². The Bertz CT molecular complexity index is 511. The van der Waals surface area contributed by atoms with Crippen LogP contribution in [0.2, 0.25) is 0 Å². The predicted octanol–water partition coefficient (Wildman–Crippen LogP) is 1.73. The first-order valence-electron chi connectivity index (χ1n) is 6.67. The van der Waals surface area contributed by atoms with Crippen molar-refractivity contribution in [2.24, 2.45) is 0 Å². The molecule has 1 atom stereocenters. The van der Waals surface area contributed by atoms with E-state index in [1.165, 1.54) is 25.3 Å². The van der Waals surface area contributed by atoms with Crippen LogP contribution in [0.4, 0.5) is 8.78 Å². The average Bonchev–Trinajstić information content (AvgIpc) is 2.47. The molecule has 1 aromatic carbocycles. The topological polar surface area (TPSA) is 50.8 Å². The number of hydrogen-bond acceptors (Lipinski definition) is 4. The number of rotatable bonds is 4. The molecular formula is C14H18F2N2O3. The summed E-state index contributed by atoms with van der Waals surface area (Å²) in [5, 5.41) is 3.20. The lowest BCUT2D eigenvalue weighted by atomic mass is 10.1. The molecule has 1 N–H and O–H groups in total. The Balaban J connectivity index is 2.21. The maximum absolute atomic E-state index is 12.5. The minimum Gasteiger partial charge on any atom is -0.493 e. The molecular weight excluding hydrogens is 282 g/mol. The van der Waals surface area contributed by atoms with Crippen LogP contribution in [-0.2, 0) is 0 Å². The second-order valence-corrected chi connectivity index (χ2v) is 4.80. The van der Waals surface area contributed by atoms with Gasteiger partial charge in [-0.1, -0.05) is 0 Å². The quantitative estimate of drug-likeness (QED) is 0.920. The Morgan fingerprint density at radius 1 is 1.43 bits per heavy atom. The fourth-order valence-electron chi connectivity index (χ4n) is 2.30. The summed E-state index contributed by atoms with van der Waals surface area (Å²) in [6.45, 7) is 1.09. The lowest BCUT2D eigenvalue weighted by Crippen LogP contribution is -2.52. The van der Waals surface area contributed by atoms with Gasteiger partial charge in [0.15, 0.2) is 11.5 Å². The Morgan fingerprint density at radius 2 is 2.19 bits per heavy atom. The largest absolute Gasteiger partial charge is 0.493 e. The molecule has 1 aromatic rings. The lowest BCUT2D eigenvalue weighted by Gasteiger charge is -2.34. The zero-order valence-electron chi connectivity index (χ0n) is 11.9. The monoisotopic (exact) mass is 300 g/mol. The van der Waals surface area contributed by atoms with E-state index in [0.29, 0.717) is 12.1 Å². The summed E-state index contributed by atoms with van der Waals surface area (Å²) in [4.78, 5) is 14.2. The molecule has 1 saturated heterocycles. The van der Waals surface area contributed by atoms with Crippen LogP contribution in [0.5, 0.6) is 11.5 Å². The molecule has 2 rings (SSSR count). The van der Waals surface area contributed by atoms with Gasteiger partial charge in [-0.3, -0.25) is 4.79 Å². The highest BCUT2D eigenvalue weighted by Crippen LogP contribution is 2.30. The number of nitrogens with zero attached hydrogens (tertiary/aromatic N) is 1. The Hall–Kier alpha value is -1.89. The molecule has 5 nitrogen and oxygen atoms in total. The summed E-state index contributed by atoms with van der Waals surface area (Å²) in [5.41, 5.74) is 0.391. The SMILES string of the molecule is COc1cc(C(=O)N2CCNC[C@H]2C)ccc1OC(F)F. The highest BCUT2D eigenvalue weighted by atomic mass is 19.3. The molecule has 116 valence electrons. The molecule has 1 aliphatic heterocycles. The lowest BCUT2D eigenvalue weighted by molar-refractivity contribution is -0.0512. The number of alkyl halides is 2. The van der Waals surface area contributed by atoms with Crippen LogP contribution < -0.4 is 14.8 Å². The summed E-state index contributed by atoms with van der Waals surface area (Å²) >= 11 is 0. The summed E-state index contributed by atoms with van der Waals surface area (Å²) in [5.74, 6) is -0.118. The maximum atomic E-state index is 12.5. The third-order valence-electron chi connectivity index (χ3n) is 3.39. The number of benzene rings is 1. The van der Waals surface area contributed by atoms with Crippen LogP contribution in [0.1, 0.15) is 17.3 Å². The average molecular weight is 300 g/mol. The number of amides is 1. The molecule has 0 aliphatic carbocycles. The van der Waals surface area contributed by atoms with E-state index in [9.17, 15) is 13.6 Å². The highest BCUT2D eigenvalue weighted by molar-refractivity contribution is 5.95. The molecule has 1 aliphatic rings. The van der Waals surface area contributed by atoms with Gasteiger partial charge in [-0.25, -0.2) is 0 Å². The first-order valence-corrected chi connectivity index (χ1v) is 6.67. The van der Waals surface area contributed by atoms with E-state index in [4.69, 9.17) is 4.74 Å². The molecule has 0 saturated carbocycles. The van der Waals surface area contributed by atoms with Crippen molar-refractivity contribution in [2.45, 2.75) is 19.6 Å². The number of nitrogens with one attached hydrogen (secondary N) is 1. The fraction of sp³-hybridized carbons (Fsp3) is 0.500. The first-order chi connectivity index (χ1) is 10.0. The molecule has 1 amide bonds. The number of carbonyl (C=O) groups is 1. The summed E-state index contributed by atoms with van der Waals surface area (Å²) in [6.07, 6.45) is 0. The molecule has 0 aromatic heterocycles. The standard InChI is InChI=1S/C14H18F2N2O3/c1-9-8-17-5-6-18(9)13(19)10-3-4-11(21-14(15)16)12(7-10)20-2/h3-4,7,9,14,17H,5-6,8H2,1-2H3/t9-/m1/s1. The van der Waals surface area contributed by atoms with Gasteiger partial charge in [0.2, 0.25) is 0 Å². The van der Waals surface area contributed by atoms with Gasteiger partial charge in [0.05, 0.1) is 7.11 Å². The molecule has 0 unspecified atom stereocenters. The predicted molar refractivity (Wildman–Crippen MR) is 73.0 cm³/mol. The van der Waals surface area contributed by atoms with Gasteiger partial charge < -0.3 is 19.7 Å². The number of halogens is 2. The molecule has 1 fully saturated rings. The van der Waals surface area contributed by atoms with Gasteiger partial charge in [0.1, 0.15) is 0 Å². The molecule has 0 spiro atoms. The third kappa shape index (κ3) is 3.60. The van der Waals surface area contributed by atoms with E-state index in [0.717, 1.165) is 13.1 Å². The van der Waals surface area contributed by atoms with Gasteiger partial charge in [0.25, 0.3) is 5.91 Å². The van der Waals surface area contributed by atoms with E-state index < -0.39 is 6.61 Å². The Labute approximate surface area is 121 Å². The van der Waals surface area contributed by atoms with Crippen molar-refractivity contribution in [3.63, 3.8) is 0 Å². The molecule has 0 radical (unpaired) electrons. The Kier molecular flexibility index (Phi) is 4.95. The van der Waals surface area contributed by atoms with Crippen LogP contribution in [0.3, 0.4) is 0 Å². The van der Waals surface area contributed by atoms with Gasteiger partial charge in [-0.05, 0) is 25.1 Å². The molecule has 1 heterocycles. The van der Waals surface area contributed by atoms with Gasteiger partial charge in [-0.2, -0.15) is 8.78 Å². The van der Waals surface area contributed by atoms with Crippen molar-refractivity contribution in [1.29, 1.82) is 0 Å². The van der Waals surface area contributed by atoms with E-state index in [2.05, 4.69) is 10.1 Å².